The maximum absolute atomic E-state index is 12.8. The number of carbonyl (C=O) groups excluding carboxylic acids is 1. The van der Waals surface area contributed by atoms with Gasteiger partial charge in [-0.15, -0.1) is 0 Å². The minimum Gasteiger partial charge on any atom is -0.381 e. The molecule has 0 saturated carbocycles. The number of nitrogens with two attached hydrogens (primary N) is 1. The number of piperazine rings is 1. The molecular formula is C18H27N3O2. The molecule has 0 bridgehead atoms. The van der Waals surface area contributed by atoms with Crippen molar-refractivity contribution in [3.63, 3.8) is 0 Å². The summed E-state index contributed by atoms with van der Waals surface area (Å²) in [6.45, 7) is 8.69. The van der Waals surface area contributed by atoms with E-state index in [1.807, 2.05) is 4.90 Å². The van der Waals surface area contributed by atoms with E-state index < -0.39 is 5.54 Å². The van der Waals surface area contributed by atoms with Crippen LogP contribution in [0.1, 0.15) is 24.0 Å². The number of nitrogens with zero attached hydrogens (tertiary/aromatic N) is 2. The Morgan fingerprint density at radius 3 is 2.43 bits per heavy atom. The van der Waals surface area contributed by atoms with Gasteiger partial charge in [-0.2, -0.15) is 0 Å². The highest BCUT2D eigenvalue weighted by molar-refractivity contribution is 5.86. The van der Waals surface area contributed by atoms with Crippen LogP contribution >= 0.6 is 0 Å². The molecule has 5 heteroatoms. The van der Waals surface area contributed by atoms with Crippen LogP contribution in [0.25, 0.3) is 0 Å². The van der Waals surface area contributed by atoms with Crippen LogP contribution in [0.5, 0.6) is 0 Å². The van der Waals surface area contributed by atoms with Gasteiger partial charge in [0, 0.05) is 45.1 Å². The number of hydrogen-bond donors (Lipinski definition) is 1. The van der Waals surface area contributed by atoms with Gasteiger partial charge >= 0.3 is 0 Å². The van der Waals surface area contributed by atoms with Crippen LogP contribution in [0.3, 0.4) is 0 Å². The molecule has 0 atom stereocenters. The van der Waals surface area contributed by atoms with E-state index in [0.29, 0.717) is 26.1 Å². The van der Waals surface area contributed by atoms with Crippen molar-refractivity contribution in [2.24, 2.45) is 5.73 Å². The van der Waals surface area contributed by atoms with Crippen molar-refractivity contribution < 1.29 is 9.53 Å². The van der Waals surface area contributed by atoms with Crippen LogP contribution in [0, 0.1) is 13.8 Å². The van der Waals surface area contributed by atoms with Gasteiger partial charge in [0.2, 0.25) is 5.91 Å². The lowest BCUT2D eigenvalue weighted by Gasteiger charge is -2.42. The first-order valence-corrected chi connectivity index (χ1v) is 8.48. The summed E-state index contributed by atoms with van der Waals surface area (Å²) in [6.07, 6.45) is 1.26. The zero-order valence-electron chi connectivity index (χ0n) is 14.2. The van der Waals surface area contributed by atoms with E-state index in [-0.39, 0.29) is 5.91 Å². The molecule has 0 aliphatic carbocycles. The first kappa shape index (κ1) is 16.3. The molecule has 2 heterocycles. The number of benzene rings is 1. The van der Waals surface area contributed by atoms with Crippen molar-refractivity contribution >= 4 is 11.6 Å². The molecule has 0 aromatic heterocycles. The predicted octanol–water partition coefficient (Wildman–Crippen LogP) is 1.46. The first-order chi connectivity index (χ1) is 11.0. The third-order valence-electron chi connectivity index (χ3n) is 5.29. The quantitative estimate of drug-likeness (QED) is 0.897. The monoisotopic (exact) mass is 317 g/mol. The fraction of sp³-hybridized carbons (Fsp3) is 0.611. The third kappa shape index (κ3) is 3.21. The summed E-state index contributed by atoms with van der Waals surface area (Å²) in [5.41, 5.74) is 9.53. The Kier molecular flexibility index (Phi) is 4.60. The molecule has 1 aromatic carbocycles. The van der Waals surface area contributed by atoms with E-state index in [0.717, 1.165) is 26.2 Å². The molecule has 2 aliphatic heterocycles. The van der Waals surface area contributed by atoms with Crippen LogP contribution in [0.2, 0.25) is 0 Å². The molecule has 126 valence electrons. The van der Waals surface area contributed by atoms with Crippen molar-refractivity contribution in [2.75, 3.05) is 44.3 Å². The minimum atomic E-state index is -0.723. The van der Waals surface area contributed by atoms with Crippen molar-refractivity contribution in [3.05, 3.63) is 29.3 Å². The molecular weight excluding hydrogens is 290 g/mol. The molecule has 2 N–H and O–H groups in total. The van der Waals surface area contributed by atoms with E-state index in [9.17, 15) is 4.79 Å². The van der Waals surface area contributed by atoms with Gasteiger partial charge in [0.15, 0.2) is 0 Å². The zero-order chi connectivity index (χ0) is 16.4. The highest BCUT2D eigenvalue weighted by Crippen LogP contribution is 2.25. The number of ether oxygens (including phenoxy) is 1. The normalized spacial score (nSPS) is 21.3. The molecule has 2 fully saturated rings. The Bertz CT molecular complexity index is 574. The number of anilines is 1. The SMILES string of the molecule is Cc1cccc(N2CCN(C(=O)C3(N)CCOCC3)CC2)c1C. The number of amides is 1. The first-order valence-electron chi connectivity index (χ1n) is 8.48. The summed E-state index contributed by atoms with van der Waals surface area (Å²) in [5.74, 6) is 0.0985. The predicted molar refractivity (Wildman–Crippen MR) is 91.7 cm³/mol. The molecule has 23 heavy (non-hydrogen) atoms. The van der Waals surface area contributed by atoms with E-state index in [1.165, 1.54) is 16.8 Å². The summed E-state index contributed by atoms with van der Waals surface area (Å²) in [7, 11) is 0. The molecule has 2 saturated heterocycles. The lowest BCUT2D eigenvalue weighted by Crippen LogP contribution is -2.61. The standard InChI is InChI=1S/C18H27N3O2/c1-14-4-3-5-16(15(14)2)20-8-10-21(11-9-20)17(22)18(19)6-12-23-13-7-18/h3-5H,6-13,19H2,1-2H3. The number of carbonyl (C=O) groups is 1. The largest absolute Gasteiger partial charge is 0.381 e. The molecule has 0 unspecified atom stereocenters. The van der Waals surface area contributed by atoms with Gasteiger partial charge in [0.05, 0.1) is 5.54 Å². The Labute approximate surface area is 138 Å². The summed E-state index contributed by atoms with van der Waals surface area (Å²) < 4.78 is 5.34. The summed E-state index contributed by atoms with van der Waals surface area (Å²) in [4.78, 5) is 17.1. The van der Waals surface area contributed by atoms with Crippen LogP contribution in [0.4, 0.5) is 5.69 Å². The lowest BCUT2D eigenvalue weighted by atomic mass is 9.89. The number of aryl methyl sites for hydroxylation is 1. The fourth-order valence-corrected chi connectivity index (χ4v) is 3.49. The molecule has 1 aromatic rings. The fourth-order valence-electron chi connectivity index (χ4n) is 3.49. The van der Waals surface area contributed by atoms with Crippen molar-refractivity contribution in [3.8, 4) is 0 Å². The van der Waals surface area contributed by atoms with E-state index in [4.69, 9.17) is 10.5 Å². The van der Waals surface area contributed by atoms with E-state index >= 15 is 0 Å². The Hall–Kier alpha value is -1.59. The van der Waals surface area contributed by atoms with E-state index in [1.54, 1.807) is 0 Å². The summed E-state index contributed by atoms with van der Waals surface area (Å²) in [6, 6.07) is 6.41. The average Bonchev–Trinajstić information content (AvgIpc) is 2.58. The molecule has 3 rings (SSSR count). The maximum atomic E-state index is 12.8. The van der Waals surface area contributed by atoms with Gasteiger partial charge < -0.3 is 20.3 Å². The van der Waals surface area contributed by atoms with Gasteiger partial charge in [-0.25, -0.2) is 0 Å². The number of rotatable bonds is 2. The lowest BCUT2D eigenvalue weighted by molar-refractivity contribution is -0.140. The summed E-state index contributed by atoms with van der Waals surface area (Å²) in [5, 5.41) is 0. The Morgan fingerprint density at radius 2 is 1.78 bits per heavy atom. The van der Waals surface area contributed by atoms with E-state index in [2.05, 4.69) is 36.9 Å². The third-order valence-corrected chi connectivity index (χ3v) is 5.29. The van der Waals surface area contributed by atoms with Crippen LogP contribution < -0.4 is 10.6 Å². The van der Waals surface area contributed by atoms with Gasteiger partial charge in [0.25, 0.3) is 0 Å². The molecule has 0 radical (unpaired) electrons. The highest BCUT2D eigenvalue weighted by Gasteiger charge is 2.39. The van der Waals surface area contributed by atoms with Crippen LogP contribution in [0.15, 0.2) is 18.2 Å². The molecule has 5 nitrogen and oxygen atoms in total. The maximum Gasteiger partial charge on any atom is 0.242 e. The second-order valence-electron chi connectivity index (χ2n) is 6.77. The van der Waals surface area contributed by atoms with Crippen molar-refractivity contribution in [1.82, 2.24) is 4.90 Å². The average molecular weight is 317 g/mol. The van der Waals surface area contributed by atoms with Gasteiger partial charge in [-0.3, -0.25) is 4.79 Å². The zero-order valence-corrected chi connectivity index (χ0v) is 14.2. The highest BCUT2D eigenvalue weighted by atomic mass is 16.5. The summed E-state index contributed by atoms with van der Waals surface area (Å²) >= 11 is 0. The smallest absolute Gasteiger partial charge is 0.242 e. The molecule has 0 spiro atoms. The van der Waals surface area contributed by atoms with Gasteiger partial charge in [-0.1, -0.05) is 12.1 Å². The van der Waals surface area contributed by atoms with Crippen molar-refractivity contribution in [2.45, 2.75) is 32.2 Å². The molecule has 2 aliphatic rings. The Morgan fingerprint density at radius 1 is 1.13 bits per heavy atom. The topological polar surface area (TPSA) is 58.8 Å². The second-order valence-corrected chi connectivity index (χ2v) is 6.77. The number of hydrogen-bond acceptors (Lipinski definition) is 4. The van der Waals surface area contributed by atoms with Crippen LogP contribution in [-0.2, 0) is 9.53 Å². The van der Waals surface area contributed by atoms with Gasteiger partial charge in [0.1, 0.15) is 0 Å². The van der Waals surface area contributed by atoms with Crippen LogP contribution in [-0.4, -0.2) is 55.7 Å². The van der Waals surface area contributed by atoms with Gasteiger partial charge in [-0.05, 0) is 43.9 Å². The molecule has 1 amide bonds. The van der Waals surface area contributed by atoms with Crippen molar-refractivity contribution in [1.29, 1.82) is 0 Å². The minimum absolute atomic E-state index is 0.0985. The second kappa shape index (κ2) is 6.49. The Balaban J connectivity index is 1.64.